The lowest BCUT2D eigenvalue weighted by atomic mass is 10.1. The molecule has 0 bridgehead atoms. The molecular weight excluding hydrogens is 695 g/mol. The Morgan fingerprint density at radius 2 is 1.28 bits per heavy atom. The van der Waals surface area contributed by atoms with E-state index in [2.05, 4.69) is 16.0 Å². The molecule has 3 N–H and O–H groups in total. The van der Waals surface area contributed by atoms with Crippen LogP contribution in [0.5, 0.6) is 28.7 Å². The van der Waals surface area contributed by atoms with Crippen LogP contribution in [0.4, 0.5) is 11.4 Å². The number of amides is 3. The second kappa shape index (κ2) is 18.2. The standard InChI is InChI=1S/C41H39N3O8S/c1-48-30-19-20-32(35(24-30)50-3)43-41(47)38(26-13-8-6-9-14-26)53-31-18-12-17-29(23-31)42-40(46)33(44-39(45)27-15-10-7-11-16-27)21-28-22-36(51-4)37(52-5)25-34(28)49-2/h6-25,38H,1-5H3,(H,42,46)(H,43,47)(H,44,45)/b33-21+. The van der Waals surface area contributed by atoms with Gasteiger partial charge in [-0.1, -0.05) is 54.6 Å². The fourth-order valence-corrected chi connectivity index (χ4v) is 6.33. The number of thioether (sulfide) groups is 1. The van der Waals surface area contributed by atoms with Crippen molar-refractivity contribution in [1.82, 2.24) is 5.32 Å². The summed E-state index contributed by atoms with van der Waals surface area (Å²) in [4.78, 5) is 41.8. The van der Waals surface area contributed by atoms with Crippen LogP contribution in [0.2, 0.25) is 0 Å². The Labute approximate surface area is 312 Å². The molecule has 0 fully saturated rings. The van der Waals surface area contributed by atoms with E-state index in [0.717, 1.165) is 5.56 Å². The van der Waals surface area contributed by atoms with Gasteiger partial charge < -0.3 is 39.6 Å². The summed E-state index contributed by atoms with van der Waals surface area (Å²) in [6.07, 6.45) is 1.50. The summed E-state index contributed by atoms with van der Waals surface area (Å²) in [6.45, 7) is 0. The van der Waals surface area contributed by atoms with Crippen molar-refractivity contribution < 1.29 is 38.1 Å². The van der Waals surface area contributed by atoms with Crippen LogP contribution in [0.3, 0.4) is 0 Å². The predicted octanol–water partition coefficient (Wildman–Crippen LogP) is 7.61. The lowest BCUT2D eigenvalue weighted by Crippen LogP contribution is -2.30. The first kappa shape index (κ1) is 37.8. The highest BCUT2D eigenvalue weighted by Gasteiger charge is 2.24. The van der Waals surface area contributed by atoms with Crippen LogP contribution in [0.15, 0.2) is 126 Å². The maximum Gasteiger partial charge on any atom is 0.272 e. The molecule has 0 spiro atoms. The maximum absolute atomic E-state index is 14.0. The summed E-state index contributed by atoms with van der Waals surface area (Å²) >= 11 is 1.31. The second-order valence-electron chi connectivity index (χ2n) is 11.3. The van der Waals surface area contributed by atoms with Gasteiger partial charge in [0.25, 0.3) is 11.8 Å². The quantitative estimate of drug-likeness (QED) is 0.0735. The first-order chi connectivity index (χ1) is 25.8. The number of hydrogen-bond acceptors (Lipinski definition) is 9. The molecule has 0 saturated carbocycles. The van der Waals surface area contributed by atoms with Gasteiger partial charge in [0.2, 0.25) is 5.91 Å². The van der Waals surface area contributed by atoms with Crippen molar-refractivity contribution in [1.29, 1.82) is 0 Å². The molecule has 0 aliphatic heterocycles. The molecule has 272 valence electrons. The molecule has 11 nitrogen and oxygen atoms in total. The third kappa shape index (κ3) is 9.69. The Morgan fingerprint density at radius 1 is 0.623 bits per heavy atom. The summed E-state index contributed by atoms with van der Waals surface area (Å²) in [6, 6.07) is 33.4. The molecule has 53 heavy (non-hydrogen) atoms. The van der Waals surface area contributed by atoms with Gasteiger partial charge in [-0.25, -0.2) is 0 Å². The van der Waals surface area contributed by atoms with Gasteiger partial charge >= 0.3 is 0 Å². The van der Waals surface area contributed by atoms with Crippen molar-refractivity contribution in [2.45, 2.75) is 10.1 Å². The van der Waals surface area contributed by atoms with Crippen LogP contribution < -0.4 is 39.6 Å². The summed E-state index contributed by atoms with van der Waals surface area (Å²) in [5.41, 5.74) is 2.46. The number of nitrogens with one attached hydrogen (secondary N) is 3. The molecule has 3 amide bonds. The average molecular weight is 734 g/mol. The number of carbonyl (C=O) groups excluding carboxylic acids is 3. The maximum atomic E-state index is 14.0. The molecule has 5 aromatic rings. The number of carbonyl (C=O) groups is 3. The minimum absolute atomic E-state index is 0.0580. The SMILES string of the molecule is COc1ccc(NC(=O)C(Sc2cccc(NC(=O)/C(=C\c3cc(OC)c(OC)cc3OC)NC(=O)c3ccccc3)c2)c2ccccc2)c(OC)c1. The molecule has 5 rings (SSSR count). The first-order valence-electron chi connectivity index (χ1n) is 16.3. The molecule has 0 aliphatic rings. The highest BCUT2D eigenvalue weighted by Crippen LogP contribution is 2.39. The third-order valence-corrected chi connectivity index (χ3v) is 9.17. The predicted molar refractivity (Wildman–Crippen MR) is 206 cm³/mol. The molecule has 0 aromatic heterocycles. The molecule has 0 radical (unpaired) electrons. The second-order valence-corrected chi connectivity index (χ2v) is 12.5. The van der Waals surface area contributed by atoms with Crippen LogP contribution in [0.25, 0.3) is 6.08 Å². The third-order valence-electron chi connectivity index (χ3n) is 7.92. The molecule has 0 saturated heterocycles. The molecular formula is C41H39N3O8S. The van der Waals surface area contributed by atoms with E-state index in [4.69, 9.17) is 23.7 Å². The fourth-order valence-electron chi connectivity index (χ4n) is 5.25. The van der Waals surface area contributed by atoms with Crippen molar-refractivity contribution in [3.8, 4) is 28.7 Å². The molecule has 0 heterocycles. The van der Waals surface area contributed by atoms with Gasteiger partial charge in [0.05, 0.1) is 41.2 Å². The van der Waals surface area contributed by atoms with Crippen LogP contribution in [-0.4, -0.2) is 53.3 Å². The van der Waals surface area contributed by atoms with Gasteiger partial charge in [0, 0.05) is 33.8 Å². The number of rotatable bonds is 15. The van der Waals surface area contributed by atoms with E-state index in [-0.39, 0.29) is 11.6 Å². The van der Waals surface area contributed by atoms with Gasteiger partial charge in [0.15, 0.2) is 11.5 Å². The Morgan fingerprint density at radius 3 is 1.94 bits per heavy atom. The van der Waals surface area contributed by atoms with Crippen LogP contribution in [-0.2, 0) is 9.59 Å². The van der Waals surface area contributed by atoms with E-state index in [9.17, 15) is 14.4 Å². The van der Waals surface area contributed by atoms with Crippen molar-refractivity contribution in [3.05, 3.63) is 138 Å². The Kier molecular flexibility index (Phi) is 13.0. The van der Waals surface area contributed by atoms with Gasteiger partial charge in [-0.3, -0.25) is 14.4 Å². The van der Waals surface area contributed by atoms with E-state index >= 15 is 0 Å². The highest BCUT2D eigenvalue weighted by atomic mass is 32.2. The topological polar surface area (TPSA) is 133 Å². The average Bonchev–Trinajstić information content (AvgIpc) is 3.20. The van der Waals surface area contributed by atoms with Crippen LogP contribution in [0, 0.1) is 0 Å². The lowest BCUT2D eigenvalue weighted by molar-refractivity contribution is -0.116. The van der Waals surface area contributed by atoms with Crippen LogP contribution >= 0.6 is 11.8 Å². The normalized spacial score (nSPS) is 11.5. The summed E-state index contributed by atoms with van der Waals surface area (Å²) in [5.74, 6) is 0.899. The highest BCUT2D eigenvalue weighted by molar-refractivity contribution is 8.00. The van der Waals surface area contributed by atoms with Crippen molar-refractivity contribution in [2.24, 2.45) is 0 Å². The Bertz CT molecular complexity index is 2090. The zero-order valence-electron chi connectivity index (χ0n) is 29.8. The van der Waals surface area contributed by atoms with E-state index < -0.39 is 17.1 Å². The zero-order valence-corrected chi connectivity index (χ0v) is 30.6. The smallest absolute Gasteiger partial charge is 0.272 e. The largest absolute Gasteiger partial charge is 0.497 e. The number of benzene rings is 5. The lowest BCUT2D eigenvalue weighted by Gasteiger charge is -2.19. The Hall–Kier alpha value is -6.40. The minimum atomic E-state index is -0.674. The fraction of sp³-hybridized carbons (Fsp3) is 0.146. The monoisotopic (exact) mass is 733 g/mol. The van der Waals surface area contributed by atoms with Crippen molar-refractivity contribution in [3.63, 3.8) is 0 Å². The van der Waals surface area contributed by atoms with E-state index in [1.165, 1.54) is 46.3 Å². The van der Waals surface area contributed by atoms with E-state index in [0.29, 0.717) is 56.1 Å². The number of hydrogen-bond donors (Lipinski definition) is 3. The van der Waals surface area contributed by atoms with Crippen molar-refractivity contribution in [2.75, 3.05) is 46.2 Å². The molecule has 1 unspecified atom stereocenters. The molecule has 1 atom stereocenters. The van der Waals surface area contributed by atoms with E-state index in [1.54, 1.807) is 86.0 Å². The van der Waals surface area contributed by atoms with Gasteiger partial charge in [-0.2, -0.15) is 0 Å². The van der Waals surface area contributed by atoms with Gasteiger partial charge in [0.1, 0.15) is 28.2 Å². The summed E-state index contributed by atoms with van der Waals surface area (Å²) in [5, 5.41) is 7.96. The van der Waals surface area contributed by atoms with E-state index in [1.807, 2.05) is 36.4 Å². The number of methoxy groups -OCH3 is 5. The zero-order chi connectivity index (χ0) is 37.7. The minimum Gasteiger partial charge on any atom is -0.497 e. The summed E-state index contributed by atoms with van der Waals surface area (Å²) < 4.78 is 27.2. The Balaban J connectivity index is 1.44. The number of ether oxygens (including phenoxy) is 5. The molecule has 12 heteroatoms. The first-order valence-corrected chi connectivity index (χ1v) is 17.2. The number of anilines is 2. The van der Waals surface area contributed by atoms with Gasteiger partial charge in [-0.15, -0.1) is 11.8 Å². The molecule has 5 aromatic carbocycles. The molecule has 0 aliphatic carbocycles. The van der Waals surface area contributed by atoms with Gasteiger partial charge in [-0.05, 0) is 60.2 Å². The summed E-state index contributed by atoms with van der Waals surface area (Å²) in [7, 11) is 7.56. The van der Waals surface area contributed by atoms with Crippen LogP contribution in [0.1, 0.15) is 26.7 Å². The van der Waals surface area contributed by atoms with Crippen molar-refractivity contribution >= 4 is 46.9 Å².